The van der Waals surface area contributed by atoms with Crippen LogP contribution in [0.3, 0.4) is 0 Å². The van der Waals surface area contributed by atoms with E-state index in [1.165, 1.54) is 22.9 Å². The molecular weight excluding hydrogens is 373 g/mol. The highest BCUT2D eigenvalue weighted by Gasteiger charge is 2.20. The number of amides is 1. The molecule has 0 aliphatic heterocycles. The third kappa shape index (κ3) is 3.91. The quantitative estimate of drug-likeness (QED) is 0.524. The standard InChI is InChI=1S/C21H18FN5O2/c1-13(20-12-16-7-3-4-9-19(16)29-20)23-21(28)18(27-14(2)24-25-26-27)11-15-6-5-8-17(22)10-15/h3-13H,1-2H3,(H,23,28). The number of hydrogen-bond donors (Lipinski definition) is 1. The lowest BCUT2D eigenvalue weighted by molar-refractivity contribution is -0.116. The van der Waals surface area contributed by atoms with E-state index in [1.54, 1.807) is 19.1 Å². The van der Waals surface area contributed by atoms with Gasteiger partial charge in [0.15, 0.2) is 5.82 Å². The topological polar surface area (TPSA) is 85.8 Å². The van der Waals surface area contributed by atoms with Crippen LogP contribution in [0.1, 0.15) is 30.1 Å². The summed E-state index contributed by atoms with van der Waals surface area (Å²) in [6, 6.07) is 15.0. The Bertz CT molecular complexity index is 1180. The van der Waals surface area contributed by atoms with Crippen molar-refractivity contribution in [2.24, 2.45) is 0 Å². The van der Waals surface area contributed by atoms with Gasteiger partial charge in [0.1, 0.15) is 22.9 Å². The van der Waals surface area contributed by atoms with Gasteiger partial charge in [0, 0.05) is 5.39 Å². The average molecular weight is 391 g/mol. The van der Waals surface area contributed by atoms with Gasteiger partial charge < -0.3 is 9.73 Å². The van der Waals surface area contributed by atoms with Crippen LogP contribution in [0.25, 0.3) is 22.7 Å². The second kappa shape index (κ2) is 7.67. The molecule has 4 rings (SSSR count). The molecule has 0 aliphatic rings. The molecule has 1 N–H and O–H groups in total. The van der Waals surface area contributed by atoms with Crippen molar-refractivity contribution < 1.29 is 13.6 Å². The summed E-state index contributed by atoms with van der Waals surface area (Å²) in [7, 11) is 0. The Kier molecular flexibility index (Phi) is 4.90. The highest BCUT2D eigenvalue weighted by molar-refractivity contribution is 6.18. The number of aryl methyl sites for hydroxylation is 1. The number of rotatable bonds is 5. The molecule has 0 saturated carbocycles. The number of nitrogens with one attached hydrogen (secondary N) is 1. The first-order valence-electron chi connectivity index (χ1n) is 9.03. The van der Waals surface area contributed by atoms with E-state index < -0.39 is 17.8 Å². The fraction of sp³-hybridized carbons (Fsp3) is 0.143. The first-order chi connectivity index (χ1) is 14.0. The zero-order valence-corrected chi connectivity index (χ0v) is 15.8. The molecule has 8 heteroatoms. The van der Waals surface area contributed by atoms with Crippen molar-refractivity contribution in [2.75, 3.05) is 0 Å². The number of tetrazole rings is 1. The van der Waals surface area contributed by atoms with Gasteiger partial charge in [0.2, 0.25) is 0 Å². The van der Waals surface area contributed by atoms with Crippen LogP contribution in [0.15, 0.2) is 59.0 Å². The van der Waals surface area contributed by atoms with Crippen LogP contribution in [0.5, 0.6) is 0 Å². The highest BCUT2D eigenvalue weighted by atomic mass is 19.1. The van der Waals surface area contributed by atoms with E-state index in [9.17, 15) is 9.18 Å². The van der Waals surface area contributed by atoms with Crippen molar-refractivity contribution in [3.8, 4) is 0 Å². The predicted octanol–water partition coefficient (Wildman–Crippen LogP) is 3.74. The van der Waals surface area contributed by atoms with Gasteiger partial charge in [-0.3, -0.25) is 4.79 Å². The number of carbonyl (C=O) groups excluding carboxylic acids is 1. The van der Waals surface area contributed by atoms with Crippen molar-refractivity contribution in [2.45, 2.75) is 19.9 Å². The fourth-order valence-electron chi connectivity index (χ4n) is 2.99. The smallest absolute Gasteiger partial charge is 0.270 e. The van der Waals surface area contributed by atoms with Crippen LogP contribution in [0.4, 0.5) is 4.39 Å². The van der Waals surface area contributed by atoms with Crippen LogP contribution >= 0.6 is 0 Å². The number of aromatic nitrogens is 4. The van der Waals surface area contributed by atoms with Crippen LogP contribution < -0.4 is 5.32 Å². The summed E-state index contributed by atoms with van der Waals surface area (Å²) in [6.45, 7) is 3.50. The van der Waals surface area contributed by atoms with Gasteiger partial charge in [0.05, 0.1) is 6.04 Å². The third-order valence-corrected chi connectivity index (χ3v) is 4.46. The molecule has 4 aromatic rings. The summed E-state index contributed by atoms with van der Waals surface area (Å²) >= 11 is 0. The number of para-hydroxylation sites is 1. The largest absolute Gasteiger partial charge is 0.459 e. The second-order valence-electron chi connectivity index (χ2n) is 6.60. The number of carbonyl (C=O) groups is 1. The molecular formula is C21H18FN5O2. The molecule has 7 nitrogen and oxygen atoms in total. The summed E-state index contributed by atoms with van der Waals surface area (Å²) < 4.78 is 20.7. The second-order valence-corrected chi connectivity index (χ2v) is 6.60. The number of furan rings is 1. The predicted molar refractivity (Wildman–Crippen MR) is 106 cm³/mol. The molecule has 2 aromatic carbocycles. The van der Waals surface area contributed by atoms with Gasteiger partial charge >= 0.3 is 0 Å². The number of hydrogen-bond acceptors (Lipinski definition) is 5. The van der Waals surface area contributed by atoms with Gasteiger partial charge in [-0.2, -0.15) is 4.68 Å². The SMILES string of the molecule is Cc1nnnn1C(=Cc1cccc(F)c1)C(=O)NC(C)c1cc2ccccc2o1. The number of fused-ring (bicyclic) bond motifs is 1. The van der Waals surface area contributed by atoms with Crippen LogP contribution in [-0.4, -0.2) is 26.1 Å². The number of nitrogens with zero attached hydrogens (tertiary/aromatic N) is 4. The molecule has 0 aliphatic carbocycles. The maximum absolute atomic E-state index is 13.6. The van der Waals surface area contributed by atoms with E-state index in [-0.39, 0.29) is 5.70 Å². The minimum absolute atomic E-state index is 0.168. The summed E-state index contributed by atoms with van der Waals surface area (Å²) in [5.74, 6) is 0.234. The molecule has 0 radical (unpaired) electrons. The molecule has 1 atom stereocenters. The Morgan fingerprint density at radius 1 is 1.21 bits per heavy atom. The van der Waals surface area contributed by atoms with Gasteiger partial charge in [0.25, 0.3) is 5.91 Å². The molecule has 2 aromatic heterocycles. The fourth-order valence-corrected chi connectivity index (χ4v) is 2.99. The van der Waals surface area contributed by atoms with E-state index >= 15 is 0 Å². The van der Waals surface area contributed by atoms with Crippen molar-refractivity contribution in [3.63, 3.8) is 0 Å². The molecule has 0 spiro atoms. The van der Waals surface area contributed by atoms with Crippen LogP contribution in [0.2, 0.25) is 0 Å². The molecule has 0 bridgehead atoms. The zero-order chi connectivity index (χ0) is 20.4. The molecule has 146 valence electrons. The highest BCUT2D eigenvalue weighted by Crippen LogP contribution is 2.24. The van der Waals surface area contributed by atoms with Crippen LogP contribution in [0, 0.1) is 12.7 Å². The first-order valence-corrected chi connectivity index (χ1v) is 9.03. The lowest BCUT2D eigenvalue weighted by Gasteiger charge is -2.14. The summed E-state index contributed by atoms with van der Waals surface area (Å²) in [4.78, 5) is 13.1. The van der Waals surface area contributed by atoms with Crippen LogP contribution in [-0.2, 0) is 4.79 Å². The molecule has 2 heterocycles. The molecule has 0 fully saturated rings. The van der Waals surface area contributed by atoms with E-state index in [1.807, 2.05) is 37.3 Å². The minimum atomic E-state index is -0.419. The summed E-state index contributed by atoms with van der Waals surface area (Å²) in [5, 5.41) is 15.2. The first kappa shape index (κ1) is 18.5. The number of benzene rings is 2. The zero-order valence-electron chi connectivity index (χ0n) is 15.8. The lowest BCUT2D eigenvalue weighted by atomic mass is 10.1. The Morgan fingerprint density at radius 3 is 2.76 bits per heavy atom. The van der Waals surface area contributed by atoms with E-state index in [4.69, 9.17) is 4.42 Å². The van der Waals surface area contributed by atoms with Crippen molar-refractivity contribution in [1.29, 1.82) is 0 Å². The van der Waals surface area contributed by atoms with Crippen molar-refractivity contribution >= 4 is 28.6 Å². The van der Waals surface area contributed by atoms with Gasteiger partial charge in [-0.15, -0.1) is 5.10 Å². The molecule has 1 amide bonds. The lowest BCUT2D eigenvalue weighted by Crippen LogP contribution is -2.29. The normalized spacial score (nSPS) is 12.9. The van der Waals surface area contributed by atoms with E-state index in [0.29, 0.717) is 17.1 Å². The van der Waals surface area contributed by atoms with E-state index in [0.717, 1.165) is 11.0 Å². The molecule has 0 saturated heterocycles. The average Bonchev–Trinajstić information content (AvgIpc) is 3.32. The molecule has 29 heavy (non-hydrogen) atoms. The van der Waals surface area contributed by atoms with Gasteiger partial charge in [-0.1, -0.05) is 30.3 Å². The maximum atomic E-state index is 13.6. The van der Waals surface area contributed by atoms with Gasteiger partial charge in [-0.25, -0.2) is 4.39 Å². The van der Waals surface area contributed by atoms with Crippen molar-refractivity contribution in [3.05, 3.63) is 77.6 Å². The van der Waals surface area contributed by atoms with Crippen molar-refractivity contribution in [1.82, 2.24) is 25.5 Å². The Morgan fingerprint density at radius 2 is 2.03 bits per heavy atom. The van der Waals surface area contributed by atoms with E-state index in [2.05, 4.69) is 20.8 Å². The Balaban J connectivity index is 1.65. The third-order valence-electron chi connectivity index (χ3n) is 4.46. The molecule has 1 unspecified atom stereocenters. The summed E-state index contributed by atoms with van der Waals surface area (Å²) in [5.41, 5.74) is 1.43. The Labute approximate surface area is 165 Å². The Hall–Kier alpha value is -3.81. The van der Waals surface area contributed by atoms with Gasteiger partial charge in [-0.05, 0) is 60.2 Å². The monoisotopic (exact) mass is 391 g/mol. The maximum Gasteiger partial charge on any atom is 0.270 e. The summed E-state index contributed by atoms with van der Waals surface area (Å²) in [6.07, 6.45) is 1.53. The minimum Gasteiger partial charge on any atom is -0.459 e. The number of halogens is 1.